The first kappa shape index (κ1) is 15.1. The maximum absolute atomic E-state index is 10.1. The Morgan fingerprint density at radius 2 is 1.67 bits per heavy atom. The molecule has 5 nitrogen and oxygen atoms in total. The Bertz CT molecular complexity index is 371. The van der Waals surface area contributed by atoms with Crippen LogP contribution in [0.5, 0.6) is 11.5 Å². The number of hydrogen-bond acceptors (Lipinski definition) is 6. The van der Waals surface area contributed by atoms with Crippen LogP contribution in [0.25, 0.3) is 0 Å². The largest absolute Gasteiger partial charge is 0.496 e. The van der Waals surface area contributed by atoms with E-state index in [4.69, 9.17) is 14.6 Å². The van der Waals surface area contributed by atoms with Gasteiger partial charge in [-0.15, -0.1) is 0 Å². The molecule has 0 aromatic heterocycles. The predicted molar refractivity (Wildman–Crippen MR) is 70.3 cm³/mol. The van der Waals surface area contributed by atoms with Crippen molar-refractivity contribution in [1.29, 1.82) is 0 Å². The van der Waals surface area contributed by atoms with Crippen molar-refractivity contribution in [3.05, 3.63) is 23.3 Å². The summed E-state index contributed by atoms with van der Waals surface area (Å²) in [5.41, 5.74) is 0.943. The molecule has 0 bridgehead atoms. The van der Waals surface area contributed by atoms with Crippen LogP contribution in [0.1, 0.15) is 17.2 Å². The van der Waals surface area contributed by atoms with Gasteiger partial charge in [-0.05, 0) is 17.7 Å². The van der Waals surface area contributed by atoms with Gasteiger partial charge in [-0.3, -0.25) is 0 Å². The summed E-state index contributed by atoms with van der Waals surface area (Å²) < 4.78 is 10.3. The van der Waals surface area contributed by atoms with Crippen LogP contribution in [0.15, 0.2) is 12.1 Å². The molecule has 102 valence electrons. The maximum atomic E-state index is 10.1. The zero-order valence-corrected chi connectivity index (χ0v) is 11.2. The predicted octanol–water partition coefficient (Wildman–Crippen LogP) is 0.520. The number of thiol groups is 1. The van der Waals surface area contributed by atoms with Crippen molar-refractivity contribution < 1.29 is 24.8 Å². The van der Waals surface area contributed by atoms with Crippen molar-refractivity contribution in [2.75, 3.05) is 20.0 Å². The fourth-order valence-electron chi connectivity index (χ4n) is 1.67. The lowest BCUT2D eigenvalue weighted by atomic mass is 10.0. The second-order valence-electron chi connectivity index (χ2n) is 3.77. The number of ether oxygens (including phenoxy) is 2. The molecule has 0 saturated carbocycles. The van der Waals surface area contributed by atoms with Gasteiger partial charge in [-0.1, -0.05) is 0 Å². The molecule has 1 rings (SSSR count). The topological polar surface area (TPSA) is 79.2 Å². The number of aliphatic hydroxyl groups is 3. The van der Waals surface area contributed by atoms with Gasteiger partial charge in [0.1, 0.15) is 17.6 Å². The van der Waals surface area contributed by atoms with Crippen LogP contribution in [0.4, 0.5) is 0 Å². The molecule has 0 radical (unpaired) electrons. The van der Waals surface area contributed by atoms with Crippen molar-refractivity contribution in [2.24, 2.45) is 0 Å². The van der Waals surface area contributed by atoms with E-state index in [2.05, 4.69) is 12.6 Å². The highest BCUT2D eigenvalue weighted by Crippen LogP contribution is 2.37. The first-order valence-corrected chi connectivity index (χ1v) is 6.04. The molecule has 2 atom stereocenters. The van der Waals surface area contributed by atoms with E-state index in [1.165, 1.54) is 14.2 Å². The number of aliphatic hydroxyl groups excluding tert-OH is 3. The summed E-state index contributed by atoms with van der Waals surface area (Å²) in [4.78, 5) is 0. The Morgan fingerprint density at radius 3 is 2.00 bits per heavy atom. The van der Waals surface area contributed by atoms with Crippen molar-refractivity contribution in [3.8, 4) is 11.5 Å². The molecule has 3 N–H and O–H groups in total. The monoisotopic (exact) mass is 274 g/mol. The van der Waals surface area contributed by atoms with Crippen LogP contribution in [0.2, 0.25) is 0 Å². The van der Waals surface area contributed by atoms with E-state index in [0.29, 0.717) is 22.6 Å². The van der Waals surface area contributed by atoms with E-state index in [1.807, 2.05) is 0 Å². The van der Waals surface area contributed by atoms with Gasteiger partial charge in [0.2, 0.25) is 0 Å². The lowest BCUT2D eigenvalue weighted by molar-refractivity contribution is 0.0306. The molecule has 0 spiro atoms. The summed E-state index contributed by atoms with van der Waals surface area (Å²) >= 11 is 3.94. The molecule has 0 fully saturated rings. The molecular weight excluding hydrogens is 256 g/mol. The van der Waals surface area contributed by atoms with Gasteiger partial charge in [0.05, 0.1) is 32.5 Å². The summed E-state index contributed by atoms with van der Waals surface area (Å²) in [5, 5.41) is 28.8. The Hall–Kier alpha value is -0.950. The van der Waals surface area contributed by atoms with Crippen molar-refractivity contribution in [2.45, 2.75) is 18.8 Å². The second kappa shape index (κ2) is 6.84. The number of methoxy groups -OCH3 is 2. The van der Waals surface area contributed by atoms with Gasteiger partial charge >= 0.3 is 0 Å². The fourth-order valence-corrected chi connectivity index (χ4v) is 1.87. The molecule has 0 aliphatic rings. The normalized spacial score (nSPS) is 14.1. The first-order valence-electron chi connectivity index (χ1n) is 5.41. The number of rotatable bonds is 6. The van der Waals surface area contributed by atoms with Gasteiger partial charge < -0.3 is 24.8 Å². The van der Waals surface area contributed by atoms with Crippen molar-refractivity contribution >= 4 is 12.6 Å². The smallest absolute Gasteiger partial charge is 0.128 e. The summed E-state index contributed by atoms with van der Waals surface area (Å²) in [5.74, 6) is 0.813. The van der Waals surface area contributed by atoms with Crippen LogP contribution in [0, 0.1) is 0 Å². The van der Waals surface area contributed by atoms with Crippen LogP contribution in [-0.2, 0) is 6.61 Å². The van der Waals surface area contributed by atoms with Crippen LogP contribution in [-0.4, -0.2) is 41.4 Å². The van der Waals surface area contributed by atoms with Crippen molar-refractivity contribution in [3.63, 3.8) is 0 Å². The Morgan fingerprint density at radius 1 is 1.17 bits per heavy atom. The molecular formula is C12H18O5S. The average Bonchev–Trinajstić information content (AvgIpc) is 2.43. The molecule has 0 saturated heterocycles. The average molecular weight is 274 g/mol. The number of hydrogen-bond donors (Lipinski definition) is 4. The maximum Gasteiger partial charge on any atom is 0.128 e. The van der Waals surface area contributed by atoms with E-state index >= 15 is 0 Å². The quantitative estimate of drug-likeness (QED) is 0.569. The van der Waals surface area contributed by atoms with E-state index in [-0.39, 0.29) is 12.4 Å². The summed E-state index contributed by atoms with van der Waals surface area (Å²) in [6, 6.07) is 3.18. The number of benzene rings is 1. The van der Waals surface area contributed by atoms with E-state index < -0.39 is 12.2 Å². The fraction of sp³-hybridized carbons (Fsp3) is 0.500. The minimum atomic E-state index is -1.17. The summed E-state index contributed by atoms with van der Waals surface area (Å²) in [7, 11) is 2.89. The zero-order chi connectivity index (χ0) is 13.7. The highest BCUT2D eigenvalue weighted by Gasteiger charge is 2.25. The third kappa shape index (κ3) is 3.08. The molecule has 0 amide bonds. The Balaban J connectivity index is 3.30. The zero-order valence-electron chi connectivity index (χ0n) is 10.3. The highest BCUT2D eigenvalue weighted by molar-refractivity contribution is 7.80. The van der Waals surface area contributed by atoms with Gasteiger partial charge in [-0.2, -0.15) is 12.6 Å². The molecule has 1 aromatic carbocycles. The molecule has 0 heterocycles. The van der Waals surface area contributed by atoms with E-state index in [1.54, 1.807) is 12.1 Å². The lowest BCUT2D eigenvalue weighted by Gasteiger charge is -2.22. The minimum Gasteiger partial charge on any atom is -0.496 e. The summed E-state index contributed by atoms with van der Waals surface area (Å²) in [6.45, 7) is -0.168. The Kier molecular flexibility index (Phi) is 5.74. The third-order valence-corrected chi connectivity index (χ3v) is 3.01. The lowest BCUT2D eigenvalue weighted by Crippen LogP contribution is -2.21. The molecule has 0 aliphatic heterocycles. The van der Waals surface area contributed by atoms with Crippen LogP contribution in [0.3, 0.4) is 0 Å². The second-order valence-corrected chi connectivity index (χ2v) is 4.13. The standard InChI is InChI=1S/C12H18O5S/c1-16-9-3-7(5-13)4-10(17-2)11(9)12(15)8(14)6-18/h3-4,8,12-15,18H,5-6H2,1-2H3. The molecule has 18 heavy (non-hydrogen) atoms. The minimum absolute atomic E-state index is 0.106. The van der Waals surface area contributed by atoms with Gasteiger partial charge in [0.15, 0.2) is 0 Å². The molecule has 6 heteroatoms. The molecule has 1 aromatic rings. The third-order valence-electron chi connectivity index (χ3n) is 2.63. The van der Waals surface area contributed by atoms with Crippen LogP contribution < -0.4 is 9.47 Å². The first-order chi connectivity index (χ1) is 8.58. The van der Waals surface area contributed by atoms with E-state index in [0.717, 1.165) is 0 Å². The summed E-state index contributed by atoms with van der Waals surface area (Å²) in [6.07, 6.45) is -2.20. The molecule has 0 aliphatic carbocycles. The van der Waals surface area contributed by atoms with Crippen LogP contribution >= 0.6 is 12.6 Å². The van der Waals surface area contributed by atoms with Crippen molar-refractivity contribution in [1.82, 2.24) is 0 Å². The Labute approximate surface area is 111 Å². The SMILES string of the molecule is COc1cc(CO)cc(OC)c1C(O)C(O)CS. The van der Waals surface area contributed by atoms with E-state index in [9.17, 15) is 10.2 Å². The molecule has 2 unspecified atom stereocenters. The highest BCUT2D eigenvalue weighted by atomic mass is 32.1. The van der Waals surface area contributed by atoms with Gasteiger partial charge in [-0.25, -0.2) is 0 Å². The van der Waals surface area contributed by atoms with Gasteiger partial charge in [0.25, 0.3) is 0 Å². The van der Waals surface area contributed by atoms with Gasteiger partial charge in [0, 0.05) is 5.75 Å².